The molecule has 1 atom stereocenters. The van der Waals surface area contributed by atoms with Gasteiger partial charge in [0.2, 0.25) is 6.79 Å². The minimum Gasteiger partial charge on any atom is -0.480 e. The van der Waals surface area contributed by atoms with Crippen molar-refractivity contribution in [2.45, 2.75) is 6.10 Å². The molecule has 0 spiro atoms. The molecule has 1 N–H and O–H groups in total. The lowest BCUT2D eigenvalue weighted by Gasteiger charge is -2.30. The van der Waals surface area contributed by atoms with Gasteiger partial charge < -0.3 is 19.3 Å². The molecule has 0 fully saturated rings. The molecule has 4 aromatic rings. The van der Waals surface area contributed by atoms with Crippen molar-refractivity contribution < 1.29 is 19.3 Å². The van der Waals surface area contributed by atoms with Crippen LogP contribution in [-0.4, -0.2) is 21.9 Å². The number of aromatic hydroxyl groups is 1. The summed E-state index contributed by atoms with van der Waals surface area (Å²) >= 11 is 0. The van der Waals surface area contributed by atoms with Crippen LogP contribution >= 0.6 is 0 Å². The van der Waals surface area contributed by atoms with Gasteiger partial charge in [-0.05, 0) is 35.9 Å². The molecule has 0 radical (unpaired) electrons. The number of fused-ring (bicyclic) bond motifs is 4. The molecule has 0 bridgehead atoms. The van der Waals surface area contributed by atoms with Crippen molar-refractivity contribution in [3.63, 3.8) is 0 Å². The maximum atomic E-state index is 10.4. The van der Waals surface area contributed by atoms with Crippen LogP contribution in [0.25, 0.3) is 22.5 Å². The van der Waals surface area contributed by atoms with Gasteiger partial charge in [-0.2, -0.15) is 9.97 Å². The van der Waals surface area contributed by atoms with Crippen LogP contribution < -0.4 is 14.2 Å². The van der Waals surface area contributed by atoms with Gasteiger partial charge in [-0.3, -0.25) is 0 Å². The first kappa shape index (κ1) is 16.9. The molecule has 0 saturated carbocycles. The summed E-state index contributed by atoms with van der Waals surface area (Å²) in [6.07, 6.45) is -0.419. The van der Waals surface area contributed by atoms with E-state index in [2.05, 4.69) is 9.97 Å². The van der Waals surface area contributed by atoms with Gasteiger partial charge >= 0.3 is 6.01 Å². The molecule has 0 saturated heterocycles. The first-order chi connectivity index (χ1) is 14.8. The first-order valence-electron chi connectivity index (χ1n) is 9.60. The summed E-state index contributed by atoms with van der Waals surface area (Å²) in [6, 6.07) is 23.0. The SMILES string of the molecule is Oc1nc(-c2ccc3c(c2)OCO3)c2c(n1)-c1ccccc1OC2c1ccccc1. The minimum atomic E-state index is -0.419. The lowest BCUT2D eigenvalue weighted by Crippen LogP contribution is -2.18. The molecular weight excluding hydrogens is 380 g/mol. The molecule has 2 aliphatic rings. The van der Waals surface area contributed by atoms with Gasteiger partial charge in [0.15, 0.2) is 17.6 Å². The second-order valence-corrected chi connectivity index (χ2v) is 7.11. The van der Waals surface area contributed by atoms with Crippen LogP contribution in [0.1, 0.15) is 17.2 Å². The van der Waals surface area contributed by atoms with Crippen molar-refractivity contribution in [1.29, 1.82) is 0 Å². The van der Waals surface area contributed by atoms with Gasteiger partial charge in [0.1, 0.15) is 5.75 Å². The van der Waals surface area contributed by atoms with Gasteiger partial charge in [0.05, 0.1) is 17.0 Å². The van der Waals surface area contributed by atoms with E-state index in [1.54, 1.807) is 0 Å². The maximum absolute atomic E-state index is 10.4. The molecule has 1 unspecified atom stereocenters. The van der Waals surface area contributed by atoms with Gasteiger partial charge in [0, 0.05) is 11.1 Å². The van der Waals surface area contributed by atoms with Crippen LogP contribution in [0.15, 0.2) is 72.8 Å². The van der Waals surface area contributed by atoms with Crippen molar-refractivity contribution in [3.05, 3.63) is 83.9 Å². The lowest BCUT2D eigenvalue weighted by atomic mass is 9.90. The van der Waals surface area contributed by atoms with Crippen LogP contribution in [0.2, 0.25) is 0 Å². The van der Waals surface area contributed by atoms with Crippen molar-refractivity contribution in [1.82, 2.24) is 9.97 Å². The Hall–Kier alpha value is -4.06. The summed E-state index contributed by atoms with van der Waals surface area (Å²) in [7, 11) is 0. The number of benzene rings is 3. The van der Waals surface area contributed by atoms with Crippen LogP contribution in [0.4, 0.5) is 0 Å². The Labute approximate surface area is 172 Å². The molecule has 6 heteroatoms. The Morgan fingerprint density at radius 1 is 0.767 bits per heavy atom. The van der Waals surface area contributed by atoms with E-state index in [9.17, 15) is 5.11 Å². The molecule has 3 heterocycles. The van der Waals surface area contributed by atoms with Crippen molar-refractivity contribution >= 4 is 0 Å². The fraction of sp³-hybridized carbons (Fsp3) is 0.0833. The van der Waals surface area contributed by atoms with Gasteiger partial charge in [-0.15, -0.1) is 0 Å². The molecule has 146 valence electrons. The summed E-state index contributed by atoms with van der Waals surface area (Å²) in [5.41, 5.74) is 4.64. The van der Waals surface area contributed by atoms with E-state index in [1.165, 1.54) is 0 Å². The third-order valence-electron chi connectivity index (χ3n) is 5.33. The number of para-hydroxylation sites is 1. The highest BCUT2D eigenvalue weighted by atomic mass is 16.7. The highest BCUT2D eigenvalue weighted by molar-refractivity contribution is 5.81. The molecular formula is C24H16N2O4. The average Bonchev–Trinajstić information content (AvgIpc) is 3.26. The zero-order chi connectivity index (χ0) is 20.1. The molecule has 30 heavy (non-hydrogen) atoms. The van der Waals surface area contributed by atoms with E-state index >= 15 is 0 Å². The maximum Gasteiger partial charge on any atom is 0.315 e. The largest absolute Gasteiger partial charge is 0.480 e. The summed E-state index contributed by atoms with van der Waals surface area (Å²) < 4.78 is 17.4. The Morgan fingerprint density at radius 2 is 1.53 bits per heavy atom. The third-order valence-corrected chi connectivity index (χ3v) is 5.33. The third kappa shape index (κ3) is 2.58. The van der Waals surface area contributed by atoms with Crippen LogP contribution in [-0.2, 0) is 0 Å². The van der Waals surface area contributed by atoms with Crippen molar-refractivity contribution in [3.8, 4) is 45.8 Å². The number of nitrogens with zero attached hydrogens (tertiary/aromatic N) is 2. The summed E-state index contributed by atoms with van der Waals surface area (Å²) in [5.74, 6) is 2.05. The monoisotopic (exact) mass is 396 g/mol. The highest BCUT2D eigenvalue weighted by Crippen LogP contribution is 2.48. The molecule has 0 amide bonds. The Morgan fingerprint density at radius 3 is 2.43 bits per heavy atom. The minimum absolute atomic E-state index is 0.190. The van der Waals surface area contributed by atoms with E-state index in [4.69, 9.17) is 14.2 Å². The van der Waals surface area contributed by atoms with E-state index in [1.807, 2.05) is 72.8 Å². The molecule has 6 rings (SSSR count). The summed E-state index contributed by atoms with van der Waals surface area (Å²) in [6.45, 7) is 0.190. The molecule has 1 aromatic heterocycles. The average molecular weight is 396 g/mol. The van der Waals surface area contributed by atoms with Gasteiger partial charge in [0.25, 0.3) is 0 Å². The smallest absolute Gasteiger partial charge is 0.315 e. The number of aromatic nitrogens is 2. The second kappa shape index (κ2) is 6.49. The molecule has 3 aromatic carbocycles. The second-order valence-electron chi connectivity index (χ2n) is 7.11. The van der Waals surface area contributed by atoms with E-state index in [0.717, 1.165) is 22.3 Å². The quantitative estimate of drug-likeness (QED) is 0.528. The topological polar surface area (TPSA) is 73.7 Å². The number of ether oxygens (including phenoxy) is 3. The van der Waals surface area contributed by atoms with E-state index in [-0.39, 0.29) is 12.8 Å². The fourth-order valence-electron chi connectivity index (χ4n) is 3.99. The Bertz CT molecular complexity index is 1270. The fourth-order valence-corrected chi connectivity index (χ4v) is 3.99. The van der Waals surface area contributed by atoms with E-state index in [0.29, 0.717) is 28.6 Å². The summed E-state index contributed by atoms with van der Waals surface area (Å²) in [5, 5.41) is 10.4. The predicted octanol–water partition coefficient (Wildman–Crippen LogP) is 4.73. The Kier molecular flexibility index (Phi) is 3.64. The van der Waals surface area contributed by atoms with Gasteiger partial charge in [-0.25, -0.2) is 0 Å². The zero-order valence-corrected chi connectivity index (χ0v) is 15.8. The summed E-state index contributed by atoms with van der Waals surface area (Å²) in [4.78, 5) is 8.80. The number of hydrogen-bond acceptors (Lipinski definition) is 6. The highest BCUT2D eigenvalue weighted by Gasteiger charge is 2.33. The van der Waals surface area contributed by atoms with E-state index < -0.39 is 6.10 Å². The van der Waals surface area contributed by atoms with Gasteiger partial charge in [-0.1, -0.05) is 42.5 Å². The molecule has 2 aliphatic heterocycles. The van der Waals surface area contributed by atoms with Crippen LogP contribution in [0.3, 0.4) is 0 Å². The van der Waals surface area contributed by atoms with Crippen molar-refractivity contribution in [2.75, 3.05) is 6.79 Å². The molecule has 0 aliphatic carbocycles. The van der Waals surface area contributed by atoms with Crippen LogP contribution in [0.5, 0.6) is 23.3 Å². The number of rotatable bonds is 2. The first-order valence-corrected chi connectivity index (χ1v) is 9.60. The van der Waals surface area contributed by atoms with Crippen LogP contribution in [0, 0.1) is 0 Å². The lowest BCUT2D eigenvalue weighted by molar-refractivity contribution is 0.174. The van der Waals surface area contributed by atoms with Crippen molar-refractivity contribution in [2.24, 2.45) is 0 Å². The standard InChI is InChI=1S/C24H16N2O4/c27-24-25-21(15-10-11-18-19(12-15)29-13-28-18)20-22(26-24)16-8-4-5-9-17(16)30-23(20)14-6-2-1-3-7-14/h1-12,23H,13H2,(H,25,26,27). The normalized spacial score (nSPS) is 15.8. The molecule has 6 nitrogen and oxygen atoms in total. The predicted molar refractivity (Wildman–Crippen MR) is 110 cm³/mol. The Balaban J connectivity index is 1.64. The zero-order valence-electron chi connectivity index (χ0n) is 15.8. The number of hydrogen-bond donors (Lipinski definition) is 1.